The van der Waals surface area contributed by atoms with Gasteiger partial charge in [-0.15, -0.1) is 12.4 Å². The highest BCUT2D eigenvalue weighted by Gasteiger charge is 2.08. The molecule has 0 aliphatic rings. The second-order valence-electron chi connectivity index (χ2n) is 4.04. The van der Waals surface area contributed by atoms with Gasteiger partial charge in [-0.2, -0.15) is 0 Å². The van der Waals surface area contributed by atoms with E-state index >= 15 is 0 Å². The normalized spacial score (nSPS) is 9.38. The number of carbonyl (C=O) groups excluding carboxylic acids is 1. The Morgan fingerprint density at radius 2 is 1.81 bits per heavy atom. The first-order valence-corrected chi connectivity index (χ1v) is 6.56. The number of nitrogen functional groups attached to an aromatic ring is 1. The van der Waals surface area contributed by atoms with Crippen LogP contribution in [0.15, 0.2) is 48.5 Å². The molecule has 0 radical (unpaired) electrons. The Bertz CT molecular complexity index is 647. The quantitative estimate of drug-likeness (QED) is 0.577. The van der Waals surface area contributed by atoms with Crippen molar-refractivity contribution in [3.63, 3.8) is 0 Å². The van der Waals surface area contributed by atoms with Gasteiger partial charge >= 0.3 is 0 Å². The van der Waals surface area contributed by atoms with Gasteiger partial charge in [0.2, 0.25) is 0 Å². The van der Waals surface area contributed by atoms with Crippen LogP contribution in [-0.2, 0) is 0 Å². The first-order chi connectivity index (χ1) is 9.54. The minimum absolute atomic E-state index is 0. The van der Waals surface area contributed by atoms with Crippen LogP contribution in [0.2, 0.25) is 5.02 Å². The first kappa shape index (κ1) is 17.2. The van der Waals surface area contributed by atoms with Crippen LogP contribution in [0.5, 0.6) is 0 Å². The topological polar surface area (TPSA) is 67.2 Å². The van der Waals surface area contributed by atoms with Gasteiger partial charge in [0, 0.05) is 22.0 Å². The van der Waals surface area contributed by atoms with Gasteiger partial charge < -0.3 is 11.1 Å². The van der Waals surface area contributed by atoms with Crippen molar-refractivity contribution in [1.29, 1.82) is 0 Å². The van der Waals surface area contributed by atoms with Crippen molar-refractivity contribution >= 4 is 58.6 Å². The summed E-state index contributed by atoms with van der Waals surface area (Å²) >= 11 is 10.9. The van der Waals surface area contributed by atoms with Gasteiger partial charge in [-0.25, -0.2) is 0 Å². The summed E-state index contributed by atoms with van der Waals surface area (Å²) in [6, 6.07) is 13.7. The third-order valence-electron chi connectivity index (χ3n) is 2.48. The minimum atomic E-state index is -0.319. The summed E-state index contributed by atoms with van der Waals surface area (Å²) in [6.45, 7) is 0. The fraction of sp³-hybridized carbons (Fsp3) is 0. The summed E-state index contributed by atoms with van der Waals surface area (Å²) in [5.74, 6) is -0.319. The predicted octanol–water partition coefficient (Wildman–Crippen LogP) is 3.47. The van der Waals surface area contributed by atoms with Crippen LogP contribution in [0.1, 0.15) is 10.4 Å². The van der Waals surface area contributed by atoms with Crippen molar-refractivity contribution in [2.24, 2.45) is 0 Å². The van der Waals surface area contributed by atoms with Crippen molar-refractivity contribution in [3.05, 3.63) is 59.1 Å². The van der Waals surface area contributed by atoms with E-state index in [0.717, 1.165) is 5.69 Å². The number of nitrogens with two attached hydrogens (primary N) is 1. The summed E-state index contributed by atoms with van der Waals surface area (Å²) in [6.07, 6.45) is 0. The lowest BCUT2D eigenvalue weighted by atomic mass is 10.2. The van der Waals surface area contributed by atoms with E-state index in [9.17, 15) is 4.79 Å². The Morgan fingerprint density at radius 3 is 2.43 bits per heavy atom. The molecule has 4 nitrogen and oxygen atoms in total. The van der Waals surface area contributed by atoms with E-state index in [1.165, 1.54) is 0 Å². The fourth-order valence-electron chi connectivity index (χ4n) is 1.53. The largest absolute Gasteiger partial charge is 0.399 e. The molecule has 7 heteroatoms. The molecular formula is C14H13Cl2N3OS. The lowest BCUT2D eigenvalue weighted by Crippen LogP contribution is -2.34. The zero-order valence-corrected chi connectivity index (χ0v) is 13.2. The maximum absolute atomic E-state index is 11.9. The summed E-state index contributed by atoms with van der Waals surface area (Å²) in [5.41, 5.74) is 7.43. The maximum atomic E-state index is 11.9. The molecule has 0 aromatic heterocycles. The fourth-order valence-corrected chi connectivity index (χ4v) is 1.93. The molecule has 2 rings (SSSR count). The van der Waals surface area contributed by atoms with Gasteiger partial charge in [0.15, 0.2) is 5.11 Å². The summed E-state index contributed by atoms with van der Waals surface area (Å²) < 4.78 is 0. The smallest absolute Gasteiger partial charge is 0.257 e. The Morgan fingerprint density at radius 1 is 1.14 bits per heavy atom. The molecule has 4 N–H and O–H groups in total. The predicted molar refractivity (Wildman–Crippen MR) is 93.2 cm³/mol. The molecule has 0 unspecified atom stereocenters. The highest BCUT2D eigenvalue weighted by Crippen LogP contribution is 2.12. The summed E-state index contributed by atoms with van der Waals surface area (Å²) in [5, 5.41) is 6.18. The van der Waals surface area contributed by atoms with E-state index in [4.69, 9.17) is 29.6 Å². The number of anilines is 2. The van der Waals surface area contributed by atoms with E-state index in [0.29, 0.717) is 16.3 Å². The van der Waals surface area contributed by atoms with E-state index < -0.39 is 0 Å². The van der Waals surface area contributed by atoms with Crippen molar-refractivity contribution in [2.75, 3.05) is 11.1 Å². The van der Waals surface area contributed by atoms with Crippen LogP contribution in [0.25, 0.3) is 0 Å². The highest BCUT2D eigenvalue weighted by molar-refractivity contribution is 7.80. The molecule has 0 atom stereocenters. The number of thiocarbonyl (C=S) groups is 1. The van der Waals surface area contributed by atoms with Crippen molar-refractivity contribution in [1.82, 2.24) is 5.32 Å². The van der Waals surface area contributed by atoms with E-state index in [1.807, 2.05) is 0 Å². The van der Waals surface area contributed by atoms with Gasteiger partial charge in [0.25, 0.3) is 5.91 Å². The number of carbonyl (C=O) groups is 1. The number of hydrogen-bond donors (Lipinski definition) is 3. The standard InChI is InChI=1S/C14H12ClN3OS.ClH/c15-10-3-1-2-9(8-10)13(19)18-14(20)17-12-6-4-11(16)5-7-12;/h1-8H,16H2,(H2,17,18,19,20);1H. The minimum Gasteiger partial charge on any atom is -0.399 e. The van der Waals surface area contributed by atoms with Crippen LogP contribution >= 0.6 is 36.2 Å². The number of rotatable bonds is 2. The molecule has 0 bridgehead atoms. The number of amides is 1. The molecule has 1 amide bonds. The number of nitrogens with one attached hydrogen (secondary N) is 2. The summed E-state index contributed by atoms with van der Waals surface area (Å²) in [4.78, 5) is 11.9. The molecule has 21 heavy (non-hydrogen) atoms. The Balaban J connectivity index is 0.00000220. The van der Waals surface area contributed by atoms with Gasteiger partial charge in [-0.05, 0) is 54.7 Å². The van der Waals surface area contributed by atoms with Crippen molar-refractivity contribution in [3.8, 4) is 0 Å². The molecule has 0 fully saturated rings. The Kier molecular flexibility index (Phi) is 6.42. The molecular weight excluding hydrogens is 329 g/mol. The second-order valence-corrected chi connectivity index (χ2v) is 4.89. The number of benzene rings is 2. The zero-order chi connectivity index (χ0) is 14.5. The molecule has 0 spiro atoms. The SMILES string of the molecule is Cl.Nc1ccc(NC(=S)NC(=O)c2cccc(Cl)c2)cc1. The molecule has 2 aromatic carbocycles. The monoisotopic (exact) mass is 341 g/mol. The van der Waals surface area contributed by atoms with Crippen LogP contribution in [0.4, 0.5) is 11.4 Å². The van der Waals surface area contributed by atoms with E-state index in [1.54, 1.807) is 48.5 Å². The second kappa shape index (κ2) is 7.83. The van der Waals surface area contributed by atoms with Gasteiger partial charge in [-0.1, -0.05) is 17.7 Å². The molecule has 0 saturated heterocycles. The zero-order valence-electron chi connectivity index (χ0n) is 10.8. The number of hydrogen-bond acceptors (Lipinski definition) is 3. The molecule has 0 heterocycles. The average molecular weight is 342 g/mol. The van der Waals surface area contributed by atoms with Crippen LogP contribution in [-0.4, -0.2) is 11.0 Å². The Labute approximate surface area is 139 Å². The third kappa shape index (κ3) is 5.23. The average Bonchev–Trinajstić information content (AvgIpc) is 2.41. The molecule has 0 aliphatic carbocycles. The van der Waals surface area contributed by atoms with Crippen LogP contribution < -0.4 is 16.4 Å². The summed E-state index contributed by atoms with van der Waals surface area (Å²) in [7, 11) is 0. The van der Waals surface area contributed by atoms with Crippen LogP contribution in [0.3, 0.4) is 0 Å². The maximum Gasteiger partial charge on any atom is 0.257 e. The van der Waals surface area contributed by atoms with Crippen LogP contribution in [0, 0.1) is 0 Å². The molecule has 110 valence electrons. The molecule has 2 aromatic rings. The lowest BCUT2D eigenvalue weighted by Gasteiger charge is -2.09. The van der Waals surface area contributed by atoms with Gasteiger partial charge in [-0.3, -0.25) is 10.1 Å². The van der Waals surface area contributed by atoms with Gasteiger partial charge in [0.05, 0.1) is 0 Å². The lowest BCUT2D eigenvalue weighted by molar-refractivity contribution is 0.0977. The van der Waals surface area contributed by atoms with Gasteiger partial charge in [0.1, 0.15) is 0 Å². The van der Waals surface area contributed by atoms with Crippen molar-refractivity contribution < 1.29 is 4.79 Å². The van der Waals surface area contributed by atoms with Crippen molar-refractivity contribution in [2.45, 2.75) is 0 Å². The Hall–Kier alpha value is -1.82. The highest BCUT2D eigenvalue weighted by atomic mass is 35.5. The molecule has 0 saturated carbocycles. The number of halogens is 2. The van der Waals surface area contributed by atoms with E-state index in [2.05, 4.69) is 10.6 Å². The third-order valence-corrected chi connectivity index (χ3v) is 2.92. The molecule has 0 aliphatic heterocycles. The first-order valence-electron chi connectivity index (χ1n) is 5.78. The van der Waals surface area contributed by atoms with E-state index in [-0.39, 0.29) is 23.4 Å².